The maximum atomic E-state index is 11.7. The number of amides is 1. The third kappa shape index (κ3) is 5.12. The zero-order valence-corrected chi connectivity index (χ0v) is 12.7. The van der Waals surface area contributed by atoms with Crippen molar-refractivity contribution in [2.45, 2.75) is 52.2 Å². The van der Waals surface area contributed by atoms with E-state index in [0.29, 0.717) is 18.4 Å². The summed E-state index contributed by atoms with van der Waals surface area (Å²) in [6.45, 7) is 9.28. The van der Waals surface area contributed by atoms with Crippen molar-refractivity contribution in [3.05, 3.63) is 0 Å². The van der Waals surface area contributed by atoms with Gasteiger partial charge in [-0.05, 0) is 32.6 Å². The van der Waals surface area contributed by atoms with Gasteiger partial charge in [-0.15, -0.1) is 12.4 Å². The van der Waals surface area contributed by atoms with E-state index in [1.807, 2.05) is 0 Å². The number of ether oxygens (including phenoxy) is 1. The average molecular weight is 279 g/mol. The summed E-state index contributed by atoms with van der Waals surface area (Å²) < 4.78 is 5.79. The highest BCUT2D eigenvalue weighted by molar-refractivity contribution is 5.85. The van der Waals surface area contributed by atoms with Crippen LogP contribution in [0.25, 0.3) is 0 Å². The lowest BCUT2D eigenvalue weighted by atomic mass is 9.87. The molecule has 1 heterocycles. The van der Waals surface area contributed by atoms with Crippen molar-refractivity contribution in [3.63, 3.8) is 0 Å². The minimum atomic E-state index is -0.803. The number of carbonyl (C=O) groups is 1. The molecular weight excluding hydrogens is 252 g/mol. The van der Waals surface area contributed by atoms with Crippen LogP contribution in [0.4, 0.5) is 0 Å². The second-order valence-corrected chi connectivity index (χ2v) is 5.91. The summed E-state index contributed by atoms with van der Waals surface area (Å²) in [5.74, 6) is 0.809. The first-order valence-corrected chi connectivity index (χ1v) is 6.51. The molecule has 108 valence electrons. The summed E-state index contributed by atoms with van der Waals surface area (Å²) in [5.41, 5.74) is 4.94. The van der Waals surface area contributed by atoms with E-state index in [4.69, 9.17) is 10.5 Å². The molecule has 1 aliphatic heterocycles. The van der Waals surface area contributed by atoms with E-state index in [1.54, 1.807) is 13.8 Å². The lowest BCUT2D eigenvalue weighted by Gasteiger charge is -2.35. The van der Waals surface area contributed by atoms with E-state index in [0.717, 1.165) is 19.4 Å². The number of rotatable bonds is 4. The fourth-order valence-electron chi connectivity index (χ4n) is 2.27. The van der Waals surface area contributed by atoms with Crippen LogP contribution in [0.5, 0.6) is 0 Å². The molecule has 0 aromatic heterocycles. The highest BCUT2D eigenvalue weighted by Crippen LogP contribution is 2.25. The van der Waals surface area contributed by atoms with E-state index in [-0.39, 0.29) is 24.4 Å². The molecule has 0 aromatic carbocycles. The zero-order valence-electron chi connectivity index (χ0n) is 11.9. The molecular formula is C13H27ClN2O2. The summed E-state index contributed by atoms with van der Waals surface area (Å²) >= 11 is 0. The van der Waals surface area contributed by atoms with Crippen LogP contribution in [-0.2, 0) is 9.53 Å². The van der Waals surface area contributed by atoms with Crippen LogP contribution in [0.2, 0.25) is 0 Å². The van der Waals surface area contributed by atoms with Gasteiger partial charge in [-0.1, -0.05) is 13.8 Å². The van der Waals surface area contributed by atoms with Crippen molar-refractivity contribution in [1.82, 2.24) is 5.32 Å². The Kier molecular flexibility index (Phi) is 7.18. The topological polar surface area (TPSA) is 64.3 Å². The molecule has 3 N–H and O–H groups in total. The van der Waals surface area contributed by atoms with Gasteiger partial charge in [0.05, 0.1) is 11.6 Å². The first-order valence-electron chi connectivity index (χ1n) is 6.51. The molecule has 2 atom stereocenters. The number of hydrogen-bond acceptors (Lipinski definition) is 3. The Hall–Kier alpha value is -0.320. The molecule has 1 saturated heterocycles. The molecule has 0 aromatic rings. The standard InChI is InChI=1S/C13H26N2O2.ClH/c1-9(2)11-10(6-5-7-17-11)8-15-12(16)13(3,4)14;/h9-11H,5-8,14H2,1-4H3,(H,15,16);1H. The maximum Gasteiger partial charge on any atom is 0.239 e. The fourth-order valence-corrected chi connectivity index (χ4v) is 2.27. The van der Waals surface area contributed by atoms with Gasteiger partial charge < -0.3 is 15.8 Å². The van der Waals surface area contributed by atoms with Crippen molar-refractivity contribution >= 4 is 18.3 Å². The second-order valence-electron chi connectivity index (χ2n) is 5.91. The van der Waals surface area contributed by atoms with Crippen LogP contribution >= 0.6 is 12.4 Å². The fraction of sp³-hybridized carbons (Fsp3) is 0.923. The number of halogens is 1. The lowest BCUT2D eigenvalue weighted by Crippen LogP contribution is -2.51. The minimum absolute atomic E-state index is 0. The number of nitrogens with one attached hydrogen (secondary N) is 1. The molecule has 1 fully saturated rings. The largest absolute Gasteiger partial charge is 0.378 e. The Morgan fingerprint density at radius 1 is 1.50 bits per heavy atom. The average Bonchev–Trinajstić information content (AvgIpc) is 2.24. The molecule has 4 nitrogen and oxygen atoms in total. The van der Waals surface area contributed by atoms with Gasteiger partial charge in [0.25, 0.3) is 0 Å². The minimum Gasteiger partial charge on any atom is -0.378 e. The molecule has 5 heteroatoms. The number of hydrogen-bond donors (Lipinski definition) is 2. The highest BCUT2D eigenvalue weighted by Gasteiger charge is 2.30. The Balaban J connectivity index is 0.00000289. The van der Waals surface area contributed by atoms with Gasteiger partial charge in [0.2, 0.25) is 5.91 Å². The predicted molar refractivity (Wildman–Crippen MR) is 75.8 cm³/mol. The molecule has 1 amide bonds. The first-order chi connectivity index (χ1) is 7.82. The van der Waals surface area contributed by atoms with Crippen LogP contribution in [0, 0.1) is 11.8 Å². The van der Waals surface area contributed by atoms with Gasteiger partial charge in [-0.2, -0.15) is 0 Å². The van der Waals surface area contributed by atoms with Gasteiger partial charge in [-0.3, -0.25) is 4.79 Å². The zero-order chi connectivity index (χ0) is 13.1. The van der Waals surface area contributed by atoms with E-state index >= 15 is 0 Å². The summed E-state index contributed by atoms with van der Waals surface area (Å²) in [6, 6.07) is 0. The summed E-state index contributed by atoms with van der Waals surface area (Å²) in [4.78, 5) is 11.7. The Bertz CT molecular complexity index is 264. The monoisotopic (exact) mass is 278 g/mol. The molecule has 0 radical (unpaired) electrons. The molecule has 0 aliphatic carbocycles. The van der Waals surface area contributed by atoms with Crippen molar-refractivity contribution in [2.24, 2.45) is 17.6 Å². The van der Waals surface area contributed by atoms with Crippen molar-refractivity contribution in [3.8, 4) is 0 Å². The molecule has 18 heavy (non-hydrogen) atoms. The molecule has 1 rings (SSSR count). The lowest BCUT2D eigenvalue weighted by molar-refractivity contribution is -0.126. The Morgan fingerprint density at radius 3 is 2.61 bits per heavy atom. The molecule has 0 saturated carbocycles. The van der Waals surface area contributed by atoms with E-state index in [2.05, 4.69) is 19.2 Å². The smallest absolute Gasteiger partial charge is 0.239 e. The Morgan fingerprint density at radius 2 is 2.11 bits per heavy atom. The van der Waals surface area contributed by atoms with Crippen molar-refractivity contribution < 1.29 is 9.53 Å². The number of nitrogens with two attached hydrogens (primary N) is 1. The van der Waals surface area contributed by atoms with Gasteiger partial charge in [-0.25, -0.2) is 0 Å². The third-order valence-corrected chi connectivity index (χ3v) is 3.26. The predicted octanol–water partition coefficient (Wildman–Crippen LogP) is 1.71. The van der Waals surface area contributed by atoms with E-state index in [1.165, 1.54) is 0 Å². The SMILES string of the molecule is CC(C)C1OCCCC1CNC(=O)C(C)(C)N.Cl. The van der Waals surface area contributed by atoms with Gasteiger partial charge in [0.1, 0.15) is 0 Å². The van der Waals surface area contributed by atoms with Crippen LogP contribution in [0.1, 0.15) is 40.5 Å². The highest BCUT2D eigenvalue weighted by atomic mass is 35.5. The summed E-state index contributed by atoms with van der Waals surface area (Å²) in [6.07, 6.45) is 2.45. The Labute approximate surface area is 116 Å². The molecule has 0 bridgehead atoms. The molecule has 1 aliphatic rings. The van der Waals surface area contributed by atoms with Crippen molar-refractivity contribution in [1.29, 1.82) is 0 Å². The number of carbonyl (C=O) groups excluding carboxylic acids is 1. The van der Waals surface area contributed by atoms with Gasteiger partial charge in [0, 0.05) is 19.1 Å². The quantitative estimate of drug-likeness (QED) is 0.823. The first kappa shape index (κ1) is 17.7. The van der Waals surface area contributed by atoms with Gasteiger partial charge in [0.15, 0.2) is 0 Å². The maximum absolute atomic E-state index is 11.7. The van der Waals surface area contributed by atoms with Crippen LogP contribution < -0.4 is 11.1 Å². The van der Waals surface area contributed by atoms with Gasteiger partial charge >= 0.3 is 0 Å². The van der Waals surface area contributed by atoms with Crippen LogP contribution in [0.3, 0.4) is 0 Å². The molecule has 2 unspecified atom stereocenters. The van der Waals surface area contributed by atoms with E-state index < -0.39 is 5.54 Å². The summed E-state index contributed by atoms with van der Waals surface area (Å²) in [5, 5.41) is 2.93. The van der Waals surface area contributed by atoms with Crippen molar-refractivity contribution in [2.75, 3.05) is 13.2 Å². The van der Waals surface area contributed by atoms with Crippen LogP contribution in [0.15, 0.2) is 0 Å². The third-order valence-electron chi connectivity index (χ3n) is 3.26. The summed E-state index contributed by atoms with van der Waals surface area (Å²) in [7, 11) is 0. The van der Waals surface area contributed by atoms with E-state index in [9.17, 15) is 4.79 Å². The molecule has 0 spiro atoms. The second kappa shape index (κ2) is 7.31. The van der Waals surface area contributed by atoms with Crippen LogP contribution in [-0.4, -0.2) is 30.7 Å². The normalized spacial score (nSPS) is 24.6.